The Hall–Kier alpha value is -2.18. The zero-order chi connectivity index (χ0) is 14.1. The van der Waals surface area contributed by atoms with Crippen molar-refractivity contribution in [2.24, 2.45) is 5.84 Å². The highest BCUT2D eigenvalue weighted by atomic mass is 79.9. The first-order valence-corrected chi connectivity index (χ1v) is 6.64. The zero-order valence-corrected chi connectivity index (χ0v) is 11.8. The van der Waals surface area contributed by atoms with E-state index < -0.39 is 0 Å². The van der Waals surface area contributed by atoms with Crippen molar-refractivity contribution in [1.82, 2.24) is 10.4 Å². The van der Waals surface area contributed by atoms with Crippen molar-refractivity contribution in [1.29, 1.82) is 0 Å². The highest BCUT2D eigenvalue weighted by Crippen LogP contribution is 2.26. The Morgan fingerprint density at radius 3 is 2.65 bits per heavy atom. The maximum absolute atomic E-state index is 11.5. The number of nitrogens with two attached hydrogens (primary N) is 1. The highest BCUT2D eigenvalue weighted by molar-refractivity contribution is 9.10. The third-order valence-corrected chi connectivity index (χ3v) is 3.40. The van der Waals surface area contributed by atoms with Crippen LogP contribution in [0.5, 0.6) is 0 Å². The van der Waals surface area contributed by atoms with Crippen LogP contribution < -0.4 is 11.3 Å². The topological polar surface area (TPSA) is 81.1 Å². The first-order valence-electron chi connectivity index (χ1n) is 5.85. The fourth-order valence-corrected chi connectivity index (χ4v) is 2.13. The van der Waals surface area contributed by atoms with Gasteiger partial charge in [-0.15, -0.1) is 0 Å². The normalized spacial score (nSPS) is 10.7. The largest absolute Gasteiger partial charge is 0.436 e. The van der Waals surface area contributed by atoms with Crippen LogP contribution in [0.1, 0.15) is 10.4 Å². The monoisotopic (exact) mass is 331 g/mol. The van der Waals surface area contributed by atoms with Crippen LogP contribution in [0.15, 0.2) is 51.4 Å². The fourth-order valence-electron chi connectivity index (χ4n) is 1.87. The molecule has 0 unspecified atom stereocenters. The van der Waals surface area contributed by atoms with E-state index in [1.807, 2.05) is 24.3 Å². The second-order valence-corrected chi connectivity index (χ2v) is 5.10. The summed E-state index contributed by atoms with van der Waals surface area (Å²) in [6.45, 7) is 0. The molecular formula is C14H10BrN3O2. The average molecular weight is 332 g/mol. The van der Waals surface area contributed by atoms with Gasteiger partial charge in [0.15, 0.2) is 5.58 Å². The Kier molecular flexibility index (Phi) is 3.25. The molecule has 6 heteroatoms. The van der Waals surface area contributed by atoms with E-state index in [1.165, 1.54) is 0 Å². The van der Waals surface area contributed by atoms with Gasteiger partial charge in [0.1, 0.15) is 5.52 Å². The van der Waals surface area contributed by atoms with Gasteiger partial charge in [0, 0.05) is 15.6 Å². The highest BCUT2D eigenvalue weighted by Gasteiger charge is 2.11. The molecule has 3 N–H and O–H groups in total. The molecular weight excluding hydrogens is 322 g/mol. The summed E-state index contributed by atoms with van der Waals surface area (Å²) in [5.41, 5.74) is 4.62. The van der Waals surface area contributed by atoms with Crippen LogP contribution in [0.3, 0.4) is 0 Å². The number of hydrazine groups is 1. The molecule has 0 radical (unpaired) electrons. The lowest BCUT2D eigenvalue weighted by atomic mass is 10.2. The van der Waals surface area contributed by atoms with Crippen molar-refractivity contribution in [3.63, 3.8) is 0 Å². The van der Waals surface area contributed by atoms with E-state index >= 15 is 0 Å². The molecule has 0 atom stereocenters. The van der Waals surface area contributed by atoms with E-state index in [0.29, 0.717) is 22.6 Å². The van der Waals surface area contributed by atoms with Crippen molar-refractivity contribution in [2.45, 2.75) is 0 Å². The predicted molar refractivity (Wildman–Crippen MR) is 78.8 cm³/mol. The minimum Gasteiger partial charge on any atom is -0.436 e. The van der Waals surface area contributed by atoms with Crippen molar-refractivity contribution >= 4 is 32.9 Å². The number of nitrogens with one attached hydrogen (secondary N) is 1. The Labute approximate surface area is 122 Å². The molecule has 0 aliphatic rings. The van der Waals surface area contributed by atoms with Gasteiger partial charge in [-0.25, -0.2) is 10.8 Å². The summed E-state index contributed by atoms with van der Waals surface area (Å²) in [5.74, 6) is 5.25. The number of hydrogen-bond acceptors (Lipinski definition) is 4. The van der Waals surface area contributed by atoms with Crippen LogP contribution >= 0.6 is 15.9 Å². The van der Waals surface area contributed by atoms with E-state index in [2.05, 4.69) is 26.3 Å². The molecule has 0 aliphatic heterocycles. The molecule has 1 amide bonds. The number of hydrogen-bond donors (Lipinski definition) is 2. The van der Waals surface area contributed by atoms with E-state index in [1.54, 1.807) is 18.2 Å². The van der Waals surface area contributed by atoms with Crippen LogP contribution in [0.2, 0.25) is 0 Å². The number of oxazole rings is 1. The molecule has 0 fully saturated rings. The first-order chi connectivity index (χ1) is 9.67. The Balaban J connectivity index is 2.06. The van der Waals surface area contributed by atoms with Gasteiger partial charge in [-0.1, -0.05) is 15.9 Å². The number of fused-ring (bicyclic) bond motifs is 1. The van der Waals surface area contributed by atoms with Crippen LogP contribution in [-0.2, 0) is 0 Å². The maximum atomic E-state index is 11.5. The summed E-state index contributed by atoms with van der Waals surface area (Å²) >= 11 is 3.38. The van der Waals surface area contributed by atoms with Crippen LogP contribution in [-0.4, -0.2) is 10.9 Å². The summed E-state index contributed by atoms with van der Waals surface area (Å²) in [5, 5.41) is 0. The Morgan fingerprint density at radius 1 is 1.20 bits per heavy atom. The molecule has 3 aromatic rings. The number of nitrogens with zero attached hydrogens (tertiary/aromatic N) is 1. The molecule has 0 bridgehead atoms. The SMILES string of the molecule is NNC(=O)c1ccc2nc(-c3ccc(Br)cc3)oc2c1. The van der Waals surface area contributed by atoms with Crippen LogP contribution in [0.25, 0.3) is 22.6 Å². The van der Waals surface area contributed by atoms with Crippen molar-refractivity contribution < 1.29 is 9.21 Å². The van der Waals surface area contributed by atoms with Gasteiger partial charge >= 0.3 is 0 Å². The van der Waals surface area contributed by atoms with Gasteiger partial charge < -0.3 is 4.42 Å². The molecule has 0 saturated heterocycles. The number of amides is 1. The zero-order valence-electron chi connectivity index (χ0n) is 10.3. The number of carbonyl (C=O) groups is 1. The first kappa shape index (κ1) is 12.8. The Bertz CT molecular complexity index is 781. The second-order valence-electron chi connectivity index (χ2n) is 4.18. The molecule has 0 aliphatic carbocycles. The summed E-state index contributed by atoms with van der Waals surface area (Å²) in [6, 6.07) is 12.6. The van der Waals surface area contributed by atoms with Gasteiger partial charge in [0.2, 0.25) is 5.89 Å². The molecule has 3 rings (SSSR count). The average Bonchev–Trinajstić information content (AvgIpc) is 2.90. The van der Waals surface area contributed by atoms with Crippen molar-refractivity contribution in [3.05, 3.63) is 52.5 Å². The standard InChI is InChI=1S/C14H10BrN3O2/c15-10-4-1-8(2-5-10)14-17-11-6-3-9(13(19)18-16)7-12(11)20-14/h1-7H,16H2,(H,18,19). The van der Waals surface area contributed by atoms with Gasteiger partial charge in [0.05, 0.1) is 0 Å². The lowest BCUT2D eigenvalue weighted by molar-refractivity contribution is 0.0953. The van der Waals surface area contributed by atoms with Crippen LogP contribution in [0.4, 0.5) is 0 Å². The predicted octanol–water partition coefficient (Wildman–Crippen LogP) is 2.86. The van der Waals surface area contributed by atoms with E-state index in [9.17, 15) is 4.79 Å². The molecule has 100 valence electrons. The van der Waals surface area contributed by atoms with Gasteiger partial charge in [-0.05, 0) is 42.5 Å². The number of benzene rings is 2. The Morgan fingerprint density at radius 2 is 1.95 bits per heavy atom. The van der Waals surface area contributed by atoms with Crippen molar-refractivity contribution in [3.8, 4) is 11.5 Å². The van der Waals surface area contributed by atoms with Crippen molar-refractivity contribution in [2.75, 3.05) is 0 Å². The van der Waals surface area contributed by atoms with Gasteiger partial charge in [0.25, 0.3) is 5.91 Å². The molecule has 1 heterocycles. The van der Waals surface area contributed by atoms with E-state index in [-0.39, 0.29) is 5.91 Å². The fraction of sp³-hybridized carbons (Fsp3) is 0. The smallest absolute Gasteiger partial charge is 0.265 e. The quantitative estimate of drug-likeness (QED) is 0.430. The number of aromatic nitrogens is 1. The molecule has 1 aromatic heterocycles. The number of halogens is 1. The molecule has 5 nitrogen and oxygen atoms in total. The summed E-state index contributed by atoms with van der Waals surface area (Å²) in [6.07, 6.45) is 0. The third-order valence-electron chi connectivity index (χ3n) is 2.87. The summed E-state index contributed by atoms with van der Waals surface area (Å²) < 4.78 is 6.67. The lowest BCUT2D eigenvalue weighted by Crippen LogP contribution is -2.29. The number of nitrogen functional groups attached to an aromatic ring is 1. The van der Waals surface area contributed by atoms with Gasteiger partial charge in [-0.3, -0.25) is 10.2 Å². The minimum atomic E-state index is -0.367. The van der Waals surface area contributed by atoms with E-state index in [4.69, 9.17) is 10.3 Å². The molecule has 20 heavy (non-hydrogen) atoms. The molecule has 0 spiro atoms. The minimum absolute atomic E-state index is 0.367. The summed E-state index contributed by atoms with van der Waals surface area (Å²) in [4.78, 5) is 15.9. The third kappa shape index (κ3) is 2.31. The maximum Gasteiger partial charge on any atom is 0.265 e. The number of rotatable bonds is 2. The molecule has 2 aromatic carbocycles. The molecule has 0 saturated carbocycles. The van der Waals surface area contributed by atoms with Crippen LogP contribution in [0, 0.1) is 0 Å². The van der Waals surface area contributed by atoms with Gasteiger partial charge in [-0.2, -0.15) is 0 Å². The summed E-state index contributed by atoms with van der Waals surface area (Å²) in [7, 11) is 0. The number of carbonyl (C=O) groups excluding carboxylic acids is 1. The lowest BCUT2D eigenvalue weighted by Gasteiger charge is -1.97. The van der Waals surface area contributed by atoms with E-state index in [0.717, 1.165) is 10.0 Å². The second kappa shape index (κ2) is 5.07.